The van der Waals surface area contributed by atoms with Crippen LogP contribution in [0.15, 0.2) is 23.8 Å². The van der Waals surface area contributed by atoms with Gasteiger partial charge in [-0.2, -0.15) is 0 Å². The summed E-state index contributed by atoms with van der Waals surface area (Å²) < 4.78 is 0. The van der Waals surface area contributed by atoms with Crippen molar-refractivity contribution in [1.29, 1.82) is 0 Å². The Morgan fingerprint density at radius 2 is 2.17 bits per heavy atom. The first-order valence-corrected chi connectivity index (χ1v) is 6.61. The van der Waals surface area contributed by atoms with Crippen LogP contribution in [0.2, 0.25) is 0 Å². The van der Waals surface area contributed by atoms with Gasteiger partial charge in [-0.15, -0.1) is 0 Å². The third-order valence-corrected chi connectivity index (χ3v) is 4.58. The second kappa shape index (κ2) is 4.54. The molecule has 0 aromatic heterocycles. The van der Waals surface area contributed by atoms with E-state index in [4.69, 9.17) is 5.11 Å². The monoisotopic (exact) mass is 250 g/mol. The number of carboxylic acids is 1. The van der Waals surface area contributed by atoms with Crippen LogP contribution in [0, 0.1) is 17.3 Å². The second-order valence-corrected chi connectivity index (χ2v) is 6.33. The predicted molar refractivity (Wildman–Crippen MR) is 70.1 cm³/mol. The molecule has 1 saturated carbocycles. The van der Waals surface area contributed by atoms with E-state index in [1.165, 1.54) is 5.57 Å². The summed E-state index contributed by atoms with van der Waals surface area (Å²) in [6, 6.07) is 0. The van der Waals surface area contributed by atoms with Crippen molar-refractivity contribution in [2.24, 2.45) is 17.3 Å². The number of carboxylic acid groups (broad SMARTS) is 1. The van der Waals surface area contributed by atoms with E-state index in [1.807, 2.05) is 0 Å². The van der Waals surface area contributed by atoms with Gasteiger partial charge < -0.3 is 10.2 Å². The molecule has 0 unspecified atom stereocenters. The van der Waals surface area contributed by atoms with Gasteiger partial charge in [-0.1, -0.05) is 32.1 Å². The lowest BCUT2D eigenvalue weighted by Gasteiger charge is -2.54. The highest BCUT2D eigenvalue weighted by Gasteiger charge is 2.51. The molecule has 3 atom stereocenters. The average molecular weight is 250 g/mol. The Morgan fingerprint density at radius 3 is 2.72 bits per heavy atom. The first-order valence-electron chi connectivity index (χ1n) is 6.61. The molecule has 2 aliphatic rings. The number of aliphatic carboxylic acids is 1. The molecule has 0 saturated heterocycles. The van der Waals surface area contributed by atoms with E-state index in [0.29, 0.717) is 11.5 Å². The number of allylic oxidation sites excluding steroid dienone is 2. The number of hydrogen-bond donors (Lipinski definition) is 2. The van der Waals surface area contributed by atoms with Crippen LogP contribution in [0.4, 0.5) is 0 Å². The van der Waals surface area contributed by atoms with Crippen molar-refractivity contribution in [2.45, 2.75) is 45.6 Å². The smallest absolute Gasteiger partial charge is 0.331 e. The number of rotatable bonds is 1. The molecule has 0 radical (unpaired) electrons. The standard InChI is InChI=1S/C15H22O3/c1-9-5-4-6-10(14(17)18)7-12(16)13-11(9)8-15(13,2)3/h6,11-13,16H,1,4-5,7-8H2,2-3H3,(H,17,18)/t11-,12+,13+/m1/s1. The Bertz CT molecular complexity index is 406. The molecular formula is C15H22O3. The Kier molecular flexibility index (Phi) is 3.37. The van der Waals surface area contributed by atoms with Gasteiger partial charge >= 0.3 is 5.97 Å². The Hall–Kier alpha value is -1.09. The molecule has 3 nitrogen and oxygen atoms in total. The van der Waals surface area contributed by atoms with E-state index in [9.17, 15) is 9.90 Å². The maximum Gasteiger partial charge on any atom is 0.331 e. The zero-order valence-electron chi connectivity index (χ0n) is 11.1. The van der Waals surface area contributed by atoms with Crippen LogP contribution in [0.5, 0.6) is 0 Å². The molecule has 18 heavy (non-hydrogen) atoms. The van der Waals surface area contributed by atoms with Crippen LogP contribution in [0.3, 0.4) is 0 Å². The van der Waals surface area contributed by atoms with Crippen LogP contribution in [0.25, 0.3) is 0 Å². The van der Waals surface area contributed by atoms with Crippen molar-refractivity contribution in [2.75, 3.05) is 0 Å². The van der Waals surface area contributed by atoms with Crippen molar-refractivity contribution >= 4 is 5.97 Å². The van der Waals surface area contributed by atoms with Gasteiger partial charge in [0.15, 0.2) is 0 Å². The SMILES string of the molecule is C=C1CCC=C(C(=O)O)C[C@H](O)[C@@H]2[C@@H]1CC2(C)C. The van der Waals surface area contributed by atoms with Crippen LogP contribution in [-0.4, -0.2) is 22.3 Å². The molecule has 3 heteroatoms. The normalized spacial score (nSPS) is 35.4. The highest BCUT2D eigenvalue weighted by atomic mass is 16.4. The largest absolute Gasteiger partial charge is 0.478 e. The summed E-state index contributed by atoms with van der Waals surface area (Å²) in [5.74, 6) is -0.405. The fourth-order valence-electron chi connectivity index (χ4n) is 3.63. The van der Waals surface area contributed by atoms with Gasteiger partial charge in [0.1, 0.15) is 0 Å². The summed E-state index contributed by atoms with van der Waals surface area (Å²) in [5.41, 5.74) is 1.60. The van der Waals surface area contributed by atoms with Crippen LogP contribution < -0.4 is 0 Å². The fraction of sp³-hybridized carbons (Fsp3) is 0.667. The zero-order valence-corrected chi connectivity index (χ0v) is 11.1. The van der Waals surface area contributed by atoms with Crippen molar-refractivity contribution in [3.63, 3.8) is 0 Å². The van der Waals surface area contributed by atoms with Crippen molar-refractivity contribution < 1.29 is 15.0 Å². The average Bonchev–Trinajstić information content (AvgIpc) is 2.27. The van der Waals surface area contributed by atoms with Gasteiger partial charge in [0.2, 0.25) is 0 Å². The number of fused-ring (bicyclic) bond motifs is 1. The quantitative estimate of drug-likeness (QED) is 0.703. The lowest BCUT2D eigenvalue weighted by atomic mass is 9.51. The van der Waals surface area contributed by atoms with Crippen LogP contribution in [-0.2, 0) is 4.79 Å². The first-order chi connectivity index (χ1) is 8.33. The molecule has 1 fully saturated rings. The Morgan fingerprint density at radius 1 is 1.50 bits per heavy atom. The molecule has 0 aromatic rings. The number of hydrogen-bond acceptors (Lipinski definition) is 2. The van der Waals surface area contributed by atoms with Gasteiger partial charge in [-0.3, -0.25) is 0 Å². The fourth-order valence-corrected chi connectivity index (χ4v) is 3.63. The summed E-state index contributed by atoms with van der Waals surface area (Å²) >= 11 is 0. The summed E-state index contributed by atoms with van der Waals surface area (Å²) in [5, 5.41) is 19.5. The number of carbonyl (C=O) groups is 1. The van der Waals surface area contributed by atoms with E-state index in [-0.39, 0.29) is 17.8 Å². The zero-order chi connectivity index (χ0) is 13.5. The summed E-state index contributed by atoms with van der Waals surface area (Å²) in [7, 11) is 0. The Balaban J connectivity index is 2.25. The van der Waals surface area contributed by atoms with Gasteiger partial charge in [-0.05, 0) is 36.5 Å². The van der Waals surface area contributed by atoms with Crippen LogP contribution in [0.1, 0.15) is 39.5 Å². The van der Waals surface area contributed by atoms with E-state index in [0.717, 1.165) is 19.3 Å². The second-order valence-electron chi connectivity index (χ2n) is 6.33. The molecule has 2 rings (SSSR count). The maximum atomic E-state index is 11.1. The van der Waals surface area contributed by atoms with Gasteiger partial charge in [0, 0.05) is 12.0 Å². The predicted octanol–water partition coefficient (Wildman–Crippen LogP) is 2.76. The number of aliphatic hydroxyl groups excluding tert-OH is 1. The summed E-state index contributed by atoms with van der Waals surface area (Å²) in [4.78, 5) is 11.1. The van der Waals surface area contributed by atoms with Crippen molar-refractivity contribution in [1.82, 2.24) is 0 Å². The summed E-state index contributed by atoms with van der Waals surface area (Å²) in [6.45, 7) is 8.41. The molecule has 0 spiro atoms. The molecule has 2 N–H and O–H groups in total. The van der Waals surface area contributed by atoms with E-state index >= 15 is 0 Å². The minimum atomic E-state index is -0.907. The lowest BCUT2D eigenvalue weighted by Crippen LogP contribution is -2.51. The van der Waals surface area contributed by atoms with Crippen molar-refractivity contribution in [3.05, 3.63) is 23.8 Å². The molecule has 0 aromatic carbocycles. The van der Waals surface area contributed by atoms with E-state index in [2.05, 4.69) is 20.4 Å². The highest BCUT2D eigenvalue weighted by Crippen LogP contribution is 2.56. The van der Waals surface area contributed by atoms with E-state index < -0.39 is 12.1 Å². The minimum Gasteiger partial charge on any atom is -0.478 e. The lowest BCUT2D eigenvalue weighted by molar-refractivity contribution is -0.134. The van der Waals surface area contributed by atoms with Gasteiger partial charge in [0.05, 0.1) is 6.10 Å². The molecular weight excluding hydrogens is 228 g/mol. The topological polar surface area (TPSA) is 57.5 Å². The molecule has 2 aliphatic carbocycles. The molecule has 0 aliphatic heterocycles. The molecule has 0 heterocycles. The first kappa shape index (κ1) is 13.3. The van der Waals surface area contributed by atoms with E-state index in [1.54, 1.807) is 6.08 Å². The van der Waals surface area contributed by atoms with Crippen molar-refractivity contribution in [3.8, 4) is 0 Å². The molecule has 0 bridgehead atoms. The minimum absolute atomic E-state index is 0.0843. The molecule has 100 valence electrons. The Labute approximate surface area is 108 Å². The van der Waals surface area contributed by atoms with Gasteiger partial charge in [-0.25, -0.2) is 4.79 Å². The third kappa shape index (κ3) is 2.24. The van der Waals surface area contributed by atoms with Gasteiger partial charge in [0.25, 0.3) is 0 Å². The summed E-state index contributed by atoms with van der Waals surface area (Å²) in [6.07, 6.45) is 4.03. The molecule has 0 amide bonds. The number of aliphatic hydroxyl groups is 1. The third-order valence-electron chi connectivity index (χ3n) is 4.58. The van der Waals surface area contributed by atoms with Crippen LogP contribution >= 0.6 is 0 Å². The maximum absolute atomic E-state index is 11.1. The highest BCUT2D eigenvalue weighted by molar-refractivity contribution is 5.86.